The predicted octanol–water partition coefficient (Wildman–Crippen LogP) is -0.553. The fourth-order valence-corrected chi connectivity index (χ4v) is 2.59. The molecule has 1 aromatic carbocycles. The van der Waals surface area contributed by atoms with Crippen molar-refractivity contribution in [2.75, 3.05) is 7.11 Å². The Balaban J connectivity index is 1.90. The first-order valence-electron chi connectivity index (χ1n) is 7.16. The zero-order valence-corrected chi connectivity index (χ0v) is 12.6. The summed E-state index contributed by atoms with van der Waals surface area (Å²) in [7, 11) is 1.42. The van der Waals surface area contributed by atoms with E-state index in [2.05, 4.69) is 4.98 Å². The summed E-state index contributed by atoms with van der Waals surface area (Å²) in [5, 5.41) is 39.3. The molecule has 9 heteroatoms. The lowest BCUT2D eigenvalue weighted by atomic mass is 9.99. The van der Waals surface area contributed by atoms with E-state index >= 15 is 0 Å². The van der Waals surface area contributed by atoms with Crippen LogP contribution in [0.25, 0.3) is 10.9 Å². The largest absolute Gasteiger partial charge is 0.493 e. The number of ether oxygens (including phenoxy) is 3. The van der Waals surface area contributed by atoms with Gasteiger partial charge in [0.25, 0.3) is 0 Å². The second kappa shape index (κ2) is 6.29. The first kappa shape index (κ1) is 16.5. The molecule has 2 aromatic rings. The Morgan fingerprint density at radius 1 is 1.17 bits per heavy atom. The number of nitrogens with one attached hydrogen (secondary N) is 1. The third-order valence-electron chi connectivity index (χ3n) is 3.89. The second-order valence-corrected chi connectivity index (χ2v) is 5.42. The number of methoxy groups -OCH3 is 1. The molecule has 1 saturated heterocycles. The number of hydrogen-bond donors (Lipinski definition) is 5. The van der Waals surface area contributed by atoms with Gasteiger partial charge in [-0.3, -0.25) is 0 Å². The van der Waals surface area contributed by atoms with Gasteiger partial charge in [0.2, 0.25) is 6.29 Å². The number of aromatic nitrogens is 1. The molecule has 1 fully saturated rings. The highest BCUT2D eigenvalue weighted by molar-refractivity contribution is 5.83. The maximum atomic E-state index is 11.1. The van der Waals surface area contributed by atoms with Crippen molar-refractivity contribution in [2.45, 2.75) is 30.7 Å². The number of hydrogen-bond acceptors (Lipinski definition) is 7. The summed E-state index contributed by atoms with van der Waals surface area (Å²) in [5.74, 6) is -0.954. The normalized spacial score (nSPS) is 30.2. The van der Waals surface area contributed by atoms with E-state index in [-0.39, 0.29) is 5.75 Å². The topological polar surface area (TPSA) is 141 Å². The van der Waals surface area contributed by atoms with Crippen LogP contribution in [0.4, 0.5) is 0 Å². The Labute approximate surface area is 136 Å². The number of carboxylic acid groups (broad SMARTS) is 1. The minimum atomic E-state index is -1.77. The van der Waals surface area contributed by atoms with Gasteiger partial charge in [-0.05, 0) is 12.1 Å². The quantitative estimate of drug-likeness (QED) is 0.499. The van der Waals surface area contributed by atoms with Crippen LogP contribution in [0.15, 0.2) is 24.4 Å². The summed E-state index contributed by atoms with van der Waals surface area (Å²) >= 11 is 0. The highest BCUT2D eigenvalue weighted by Gasteiger charge is 2.48. The summed E-state index contributed by atoms with van der Waals surface area (Å²) in [6.07, 6.45) is -6.63. The van der Waals surface area contributed by atoms with Crippen LogP contribution in [0, 0.1) is 0 Å². The maximum Gasteiger partial charge on any atom is 0.335 e. The minimum Gasteiger partial charge on any atom is -0.493 e. The fourth-order valence-electron chi connectivity index (χ4n) is 2.59. The molecule has 130 valence electrons. The van der Waals surface area contributed by atoms with E-state index in [4.69, 9.17) is 19.3 Å². The lowest BCUT2D eigenvalue weighted by molar-refractivity contribution is -0.271. The molecule has 0 aliphatic carbocycles. The number of aliphatic hydroxyl groups is 3. The van der Waals surface area contributed by atoms with Crippen molar-refractivity contribution < 1.29 is 39.4 Å². The van der Waals surface area contributed by atoms with Crippen molar-refractivity contribution in [3.8, 4) is 11.5 Å². The Hall–Kier alpha value is -2.33. The van der Waals surface area contributed by atoms with Gasteiger partial charge >= 0.3 is 5.97 Å². The Morgan fingerprint density at radius 2 is 1.92 bits per heavy atom. The molecule has 5 atom stereocenters. The SMILES string of the molecule is COc1cc2[nH]ccc2cc1O[C@@H]1O[C@H](C(=O)O)[C@@H](O)[C@H](O)[C@@H]1O. The van der Waals surface area contributed by atoms with Crippen molar-refractivity contribution in [1.29, 1.82) is 0 Å². The van der Waals surface area contributed by atoms with Gasteiger partial charge in [0.1, 0.15) is 18.3 Å². The molecule has 24 heavy (non-hydrogen) atoms. The summed E-state index contributed by atoms with van der Waals surface area (Å²) in [5.41, 5.74) is 0.795. The lowest BCUT2D eigenvalue weighted by Gasteiger charge is -2.38. The van der Waals surface area contributed by atoms with Crippen LogP contribution in [0.2, 0.25) is 0 Å². The highest BCUT2D eigenvalue weighted by Crippen LogP contribution is 2.34. The van der Waals surface area contributed by atoms with E-state index in [9.17, 15) is 20.1 Å². The van der Waals surface area contributed by atoms with Gasteiger partial charge in [0.15, 0.2) is 17.6 Å². The van der Waals surface area contributed by atoms with Gasteiger partial charge in [0.05, 0.1) is 7.11 Å². The molecule has 5 N–H and O–H groups in total. The van der Waals surface area contributed by atoms with Crippen molar-refractivity contribution in [3.63, 3.8) is 0 Å². The van der Waals surface area contributed by atoms with Crippen LogP contribution < -0.4 is 9.47 Å². The number of rotatable bonds is 4. The maximum absolute atomic E-state index is 11.1. The van der Waals surface area contributed by atoms with E-state index in [0.29, 0.717) is 5.75 Å². The van der Waals surface area contributed by atoms with Gasteiger partial charge in [-0.1, -0.05) is 0 Å². The third kappa shape index (κ3) is 2.78. The first-order valence-corrected chi connectivity index (χ1v) is 7.16. The number of aliphatic hydroxyl groups excluding tert-OH is 3. The number of fused-ring (bicyclic) bond motifs is 1. The number of carboxylic acids is 1. The summed E-state index contributed by atoms with van der Waals surface area (Å²) < 4.78 is 15.8. The van der Waals surface area contributed by atoms with E-state index in [1.807, 2.05) is 0 Å². The second-order valence-electron chi connectivity index (χ2n) is 5.42. The van der Waals surface area contributed by atoms with Crippen LogP contribution in [-0.2, 0) is 9.53 Å². The van der Waals surface area contributed by atoms with E-state index in [1.54, 1.807) is 24.4 Å². The smallest absolute Gasteiger partial charge is 0.335 e. The number of aromatic amines is 1. The van der Waals surface area contributed by atoms with Crippen molar-refractivity contribution in [2.24, 2.45) is 0 Å². The van der Waals surface area contributed by atoms with Gasteiger partial charge in [-0.25, -0.2) is 4.79 Å². The molecule has 2 heterocycles. The van der Waals surface area contributed by atoms with E-state index in [0.717, 1.165) is 10.9 Å². The van der Waals surface area contributed by atoms with Crippen molar-refractivity contribution >= 4 is 16.9 Å². The Morgan fingerprint density at radius 3 is 2.58 bits per heavy atom. The van der Waals surface area contributed by atoms with Gasteiger partial charge in [-0.2, -0.15) is 0 Å². The van der Waals surface area contributed by atoms with Crippen LogP contribution in [0.3, 0.4) is 0 Å². The van der Waals surface area contributed by atoms with Crippen LogP contribution >= 0.6 is 0 Å². The molecule has 0 radical (unpaired) electrons. The predicted molar refractivity (Wildman–Crippen MR) is 79.8 cm³/mol. The molecule has 0 bridgehead atoms. The molecular weight excluding hydrogens is 322 g/mol. The highest BCUT2D eigenvalue weighted by atomic mass is 16.7. The summed E-state index contributed by atoms with van der Waals surface area (Å²) in [4.78, 5) is 14.1. The van der Waals surface area contributed by atoms with E-state index in [1.165, 1.54) is 7.11 Å². The average Bonchev–Trinajstić information content (AvgIpc) is 3.01. The van der Waals surface area contributed by atoms with Gasteiger partial charge in [-0.15, -0.1) is 0 Å². The van der Waals surface area contributed by atoms with Gasteiger partial charge < -0.3 is 39.6 Å². The van der Waals surface area contributed by atoms with Crippen molar-refractivity contribution in [1.82, 2.24) is 4.98 Å². The lowest BCUT2D eigenvalue weighted by Crippen LogP contribution is -2.61. The van der Waals surface area contributed by atoms with Crippen LogP contribution in [0.1, 0.15) is 0 Å². The Kier molecular flexibility index (Phi) is 4.33. The number of H-pyrrole nitrogens is 1. The Bertz CT molecular complexity index is 744. The molecule has 0 amide bonds. The minimum absolute atomic E-state index is 0.196. The molecule has 0 saturated carbocycles. The first-order chi connectivity index (χ1) is 11.4. The van der Waals surface area contributed by atoms with Crippen LogP contribution in [-0.4, -0.2) is 69.2 Å². The summed E-state index contributed by atoms with van der Waals surface area (Å²) in [6, 6.07) is 5.08. The molecule has 1 aliphatic heterocycles. The van der Waals surface area contributed by atoms with E-state index < -0.39 is 36.7 Å². The molecule has 3 rings (SSSR count). The van der Waals surface area contributed by atoms with Crippen molar-refractivity contribution in [3.05, 3.63) is 24.4 Å². The zero-order valence-electron chi connectivity index (χ0n) is 12.6. The molecular formula is C15H17NO8. The number of carbonyl (C=O) groups is 1. The third-order valence-corrected chi connectivity index (χ3v) is 3.89. The standard InChI is InChI=1S/C15H17NO8/c1-22-8-5-7-6(2-3-16-7)4-9(8)23-15-12(19)10(17)11(18)13(24-15)14(20)21/h2-5,10-13,15-19H,1H3,(H,20,21)/t10-,11-,12-,13-,15+/m0/s1. The molecule has 1 aliphatic rings. The molecule has 9 nitrogen and oxygen atoms in total. The zero-order chi connectivity index (χ0) is 17.4. The molecule has 0 spiro atoms. The monoisotopic (exact) mass is 339 g/mol. The summed E-state index contributed by atoms with van der Waals surface area (Å²) in [6.45, 7) is 0. The van der Waals surface area contributed by atoms with Crippen LogP contribution in [0.5, 0.6) is 11.5 Å². The molecule has 1 aromatic heterocycles. The van der Waals surface area contributed by atoms with Gasteiger partial charge in [0, 0.05) is 23.2 Å². The average molecular weight is 339 g/mol. The fraction of sp³-hybridized carbons (Fsp3) is 0.400. The number of benzene rings is 1. The molecule has 0 unspecified atom stereocenters. The number of aliphatic carboxylic acids is 1.